The molecule has 1 amide bonds. The highest BCUT2D eigenvalue weighted by molar-refractivity contribution is 7.89. The SMILES string of the molecule is COc1cccc2sc(N3CCN(C(=O)c4ccc(S(=O)(=O)N5CCc6ccccc6C5)cc4)CC3)nc12. The van der Waals surface area contributed by atoms with Gasteiger partial charge in [0.15, 0.2) is 5.13 Å². The molecule has 196 valence electrons. The van der Waals surface area contributed by atoms with Crippen molar-refractivity contribution in [1.82, 2.24) is 14.2 Å². The molecule has 8 nitrogen and oxygen atoms in total. The molecule has 10 heteroatoms. The zero-order valence-electron chi connectivity index (χ0n) is 21.0. The number of ether oxygens (including phenoxy) is 1. The molecule has 1 aromatic heterocycles. The van der Waals surface area contributed by atoms with E-state index in [2.05, 4.69) is 11.0 Å². The normalized spacial score (nSPS) is 16.4. The molecule has 6 rings (SSSR count). The van der Waals surface area contributed by atoms with Crippen LogP contribution in [0.5, 0.6) is 5.75 Å². The van der Waals surface area contributed by atoms with Gasteiger partial charge in [0.1, 0.15) is 11.3 Å². The van der Waals surface area contributed by atoms with Crippen molar-refractivity contribution in [2.24, 2.45) is 0 Å². The third kappa shape index (κ3) is 4.53. The number of carbonyl (C=O) groups is 1. The average molecular weight is 549 g/mol. The number of carbonyl (C=O) groups excluding carboxylic acids is 1. The summed E-state index contributed by atoms with van der Waals surface area (Å²) in [7, 11) is -1.99. The Labute approximate surface area is 226 Å². The van der Waals surface area contributed by atoms with Crippen LogP contribution in [0.2, 0.25) is 0 Å². The minimum Gasteiger partial charge on any atom is -0.494 e. The third-order valence-electron chi connectivity index (χ3n) is 7.26. The fourth-order valence-electron chi connectivity index (χ4n) is 5.09. The quantitative estimate of drug-likeness (QED) is 0.375. The number of anilines is 1. The number of piperazine rings is 1. The van der Waals surface area contributed by atoms with Crippen molar-refractivity contribution in [3.8, 4) is 5.75 Å². The lowest BCUT2D eigenvalue weighted by molar-refractivity contribution is 0.0746. The summed E-state index contributed by atoms with van der Waals surface area (Å²) in [6.45, 7) is 3.31. The van der Waals surface area contributed by atoms with Crippen LogP contribution in [0.4, 0.5) is 5.13 Å². The number of methoxy groups -OCH3 is 1. The van der Waals surface area contributed by atoms with E-state index in [1.54, 1.807) is 42.7 Å². The molecule has 38 heavy (non-hydrogen) atoms. The Morgan fingerprint density at radius 1 is 0.895 bits per heavy atom. The summed E-state index contributed by atoms with van der Waals surface area (Å²) in [6, 6.07) is 20.2. The summed E-state index contributed by atoms with van der Waals surface area (Å²) in [6.07, 6.45) is 0.697. The highest BCUT2D eigenvalue weighted by atomic mass is 32.2. The summed E-state index contributed by atoms with van der Waals surface area (Å²) in [4.78, 5) is 22.2. The number of thiazole rings is 1. The Kier molecular flexibility index (Phi) is 6.55. The topological polar surface area (TPSA) is 83.0 Å². The maximum Gasteiger partial charge on any atom is 0.253 e. The number of nitrogens with zero attached hydrogens (tertiary/aromatic N) is 4. The van der Waals surface area contributed by atoms with Crippen LogP contribution in [-0.4, -0.2) is 68.3 Å². The molecule has 0 unspecified atom stereocenters. The minimum absolute atomic E-state index is 0.0912. The van der Waals surface area contributed by atoms with E-state index in [1.807, 2.05) is 41.3 Å². The second-order valence-corrected chi connectivity index (χ2v) is 12.4. The molecule has 1 saturated heterocycles. The molecule has 1 fully saturated rings. The van der Waals surface area contributed by atoms with Crippen LogP contribution in [0.3, 0.4) is 0 Å². The standard InChI is InChI=1S/C28H28N4O4S2/c1-36-24-7-4-8-25-26(24)29-28(37-25)31-17-15-30(16-18-31)27(33)21-9-11-23(12-10-21)38(34,35)32-14-13-20-5-2-3-6-22(20)19-32/h2-12H,13-19H2,1H3. The summed E-state index contributed by atoms with van der Waals surface area (Å²) in [5.41, 5.74) is 3.59. The van der Waals surface area contributed by atoms with Crippen molar-refractivity contribution < 1.29 is 17.9 Å². The van der Waals surface area contributed by atoms with Crippen LogP contribution in [0.15, 0.2) is 71.6 Å². The molecule has 3 aromatic carbocycles. The lowest BCUT2D eigenvalue weighted by Gasteiger charge is -2.34. The monoisotopic (exact) mass is 548 g/mol. The van der Waals surface area contributed by atoms with Gasteiger partial charge in [-0.15, -0.1) is 0 Å². The van der Waals surface area contributed by atoms with Crippen molar-refractivity contribution in [2.75, 3.05) is 44.7 Å². The van der Waals surface area contributed by atoms with Gasteiger partial charge in [0, 0.05) is 44.8 Å². The molecule has 0 bridgehead atoms. The Morgan fingerprint density at radius 3 is 2.37 bits per heavy atom. The maximum atomic E-state index is 13.3. The molecule has 4 aromatic rings. The third-order valence-corrected chi connectivity index (χ3v) is 10.2. The van der Waals surface area contributed by atoms with Gasteiger partial charge in [0.2, 0.25) is 10.0 Å². The van der Waals surface area contributed by atoms with Gasteiger partial charge in [-0.25, -0.2) is 13.4 Å². The number of hydrogen-bond donors (Lipinski definition) is 0. The fraction of sp³-hybridized carbons (Fsp3) is 0.286. The number of hydrogen-bond acceptors (Lipinski definition) is 7. The van der Waals surface area contributed by atoms with Gasteiger partial charge in [0.05, 0.1) is 16.7 Å². The fourth-order valence-corrected chi connectivity index (χ4v) is 7.54. The summed E-state index contributed by atoms with van der Waals surface area (Å²) in [5.74, 6) is 0.667. The number of sulfonamides is 1. The van der Waals surface area contributed by atoms with Gasteiger partial charge >= 0.3 is 0 Å². The number of amides is 1. The molecule has 0 atom stereocenters. The first-order chi connectivity index (χ1) is 18.4. The van der Waals surface area contributed by atoms with Crippen molar-refractivity contribution >= 4 is 42.6 Å². The van der Waals surface area contributed by atoms with Gasteiger partial charge in [-0.1, -0.05) is 41.7 Å². The van der Waals surface area contributed by atoms with Crippen LogP contribution >= 0.6 is 11.3 Å². The summed E-state index contributed by atoms with van der Waals surface area (Å²) in [5, 5.41) is 0.923. The number of fused-ring (bicyclic) bond motifs is 2. The van der Waals surface area contributed by atoms with E-state index in [1.165, 1.54) is 9.87 Å². The second kappa shape index (κ2) is 10.0. The number of rotatable bonds is 5. The highest BCUT2D eigenvalue weighted by Gasteiger charge is 2.29. The molecule has 2 aliphatic heterocycles. The van der Waals surface area contributed by atoms with E-state index in [4.69, 9.17) is 9.72 Å². The van der Waals surface area contributed by atoms with Crippen LogP contribution < -0.4 is 9.64 Å². The van der Waals surface area contributed by atoms with Crippen molar-refractivity contribution in [3.05, 3.63) is 83.4 Å². The van der Waals surface area contributed by atoms with Gasteiger partial charge in [-0.3, -0.25) is 4.79 Å². The average Bonchev–Trinajstić information content (AvgIpc) is 3.41. The Morgan fingerprint density at radius 2 is 1.63 bits per heavy atom. The lowest BCUT2D eigenvalue weighted by atomic mass is 10.0. The Hall–Kier alpha value is -3.47. The first kappa shape index (κ1) is 24.8. The number of para-hydroxylation sites is 1. The molecular formula is C28H28N4O4S2. The first-order valence-corrected chi connectivity index (χ1v) is 14.8. The van der Waals surface area contributed by atoms with Crippen LogP contribution in [0.25, 0.3) is 10.2 Å². The van der Waals surface area contributed by atoms with Gasteiger partial charge in [-0.2, -0.15) is 4.31 Å². The van der Waals surface area contributed by atoms with Gasteiger partial charge < -0.3 is 14.5 Å². The summed E-state index contributed by atoms with van der Waals surface area (Å²) < 4.78 is 34.6. The van der Waals surface area contributed by atoms with E-state index in [0.717, 1.165) is 26.7 Å². The predicted molar refractivity (Wildman–Crippen MR) is 148 cm³/mol. The van der Waals surface area contributed by atoms with Crippen LogP contribution in [0.1, 0.15) is 21.5 Å². The molecular weight excluding hydrogens is 520 g/mol. The van der Waals surface area contributed by atoms with Crippen molar-refractivity contribution in [3.63, 3.8) is 0 Å². The smallest absolute Gasteiger partial charge is 0.253 e. The second-order valence-electron chi connectivity index (χ2n) is 9.46. The van der Waals surface area contributed by atoms with Crippen molar-refractivity contribution in [1.29, 1.82) is 0 Å². The lowest BCUT2D eigenvalue weighted by Crippen LogP contribution is -2.48. The molecule has 0 radical (unpaired) electrons. The largest absolute Gasteiger partial charge is 0.494 e. The molecule has 2 aliphatic rings. The first-order valence-electron chi connectivity index (χ1n) is 12.6. The highest BCUT2D eigenvalue weighted by Crippen LogP contribution is 2.34. The minimum atomic E-state index is -3.64. The van der Waals surface area contributed by atoms with Gasteiger partial charge in [0.25, 0.3) is 5.91 Å². The molecule has 3 heterocycles. The van der Waals surface area contributed by atoms with E-state index in [-0.39, 0.29) is 10.8 Å². The molecule has 0 aliphatic carbocycles. The van der Waals surface area contributed by atoms with E-state index in [9.17, 15) is 13.2 Å². The van der Waals surface area contributed by atoms with Crippen molar-refractivity contribution in [2.45, 2.75) is 17.9 Å². The number of benzene rings is 3. The van der Waals surface area contributed by atoms with Gasteiger partial charge in [-0.05, 0) is 53.9 Å². The summed E-state index contributed by atoms with van der Waals surface area (Å²) >= 11 is 1.62. The molecule has 0 N–H and O–H groups in total. The maximum absolute atomic E-state index is 13.3. The zero-order valence-corrected chi connectivity index (χ0v) is 22.7. The number of aromatic nitrogens is 1. The van der Waals surface area contributed by atoms with E-state index >= 15 is 0 Å². The molecule has 0 spiro atoms. The Bertz CT molecular complexity index is 1590. The van der Waals surface area contributed by atoms with Crippen LogP contribution in [0, 0.1) is 0 Å². The zero-order chi connectivity index (χ0) is 26.3. The Balaban J connectivity index is 1.11. The van der Waals surface area contributed by atoms with E-state index in [0.29, 0.717) is 51.3 Å². The predicted octanol–water partition coefficient (Wildman–Crippen LogP) is 4.01. The van der Waals surface area contributed by atoms with E-state index < -0.39 is 10.0 Å². The molecule has 0 saturated carbocycles. The van der Waals surface area contributed by atoms with Crippen LogP contribution in [-0.2, 0) is 23.0 Å².